The molecule has 1 heterocycles. The highest BCUT2D eigenvalue weighted by Crippen LogP contribution is 2.08. The lowest BCUT2D eigenvalue weighted by Crippen LogP contribution is -2.29. The summed E-state index contributed by atoms with van der Waals surface area (Å²) in [7, 11) is 0. The fourth-order valence-electron chi connectivity index (χ4n) is 1.22. The van der Waals surface area contributed by atoms with Crippen molar-refractivity contribution < 1.29 is 14.9 Å². The predicted octanol–water partition coefficient (Wildman–Crippen LogP) is 0.0748. The molecule has 98 valence electrons. The molecule has 6 heteroatoms. The van der Waals surface area contributed by atoms with E-state index in [1.807, 2.05) is 6.20 Å². The molecule has 3 N–H and O–H groups in total. The first-order chi connectivity index (χ1) is 8.01. The average molecular weight is 243 g/mol. The summed E-state index contributed by atoms with van der Waals surface area (Å²) >= 11 is 0. The number of aliphatic hydroxyl groups excluding tert-OH is 1. The van der Waals surface area contributed by atoms with Crippen LogP contribution in [0.2, 0.25) is 0 Å². The van der Waals surface area contributed by atoms with Crippen LogP contribution < -0.4 is 5.32 Å². The molecule has 0 atom stereocenters. The Morgan fingerprint density at radius 1 is 1.47 bits per heavy atom. The van der Waals surface area contributed by atoms with Crippen LogP contribution in [0.1, 0.15) is 13.8 Å². The van der Waals surface area contributed by atoms with Gasteiger partial charge in [-0.3, -0.25) is 4.68 Å². The van der Waals surface area contributed by atoms with Crippen LogP contribution in [-0.4, -0.2) is 52.0 Å². The van der Waals surface area contributed by atoms with Gasteiger partial charge in [0.15, 0.2) is 0 Å². The molecule has 0 aliphatic heterocycles. The maximum atomic E-state index is 9.55. The highest BCUT2D eigenvalue weighted by Gasteiger charge is 2.11. The van der Waals surface area contributed by atoms with Gasteiger partial charge in [0, 0.05) is 12.7 Å². The Bertz CT molecular complexity index is 320. The molecule has 0 unspecified atom stereocenters. The van der Waals surface area contributed by atoms with Crippen LogP contribution in [0.3, 0.4) is 0 Å². The predicted molar refractivity (Wildman–Crippen MR) is 64.9 cm³/mol. The largest absolute Gasteiger partial charge is 0.394 e. The van der Waals surface area contributed by atoms with E-state index >= 15 is 0 Å². The number of hydrogen-bond acceptors (Lipinski definition) is 5. The molecule has 0 radical (unpaired) electrons. The summed E-state index contributed by atoms with van der Waals surface area (Å²) in [5, 5.41) is 25.3. The van der Waals surface area contributed by atoms with Crippen molar-refractivity contribution in [1.82, 2.24) is 9.78 Å². The SMILES string of the molecule is CC(C)(O)CNc1cnn(CCOCCO)c1. The Morgan fingerprint density at radius 2 is 2.24 bits per heavy atom. The first-order valence-corrected chi connectivity index (χ1v) is 5.68. The van der Waals surface area contributed by atoms with E-state index in [2.05, 4.69) is 10.4 Å². The van der Waals surface area contributed by atoms with Crippen LogP contribution in [-0.2, 0) is 11.3 Å². The molecular formula is C11H21N3O3. The number of anilines is 1. The third-order valence-electron chi connectivity index (χ3n) is 2.06. The molecule has 0 amide bonds. The topological polar surface area (TPSA) is 79.5 Å². The van der Waals surface area contributed by atoms with Gasteiger partial charge in [0.1, 0.15) is 0 Å². The van der Waals surface area contributed by atoms with E-state index < -0.39 is 5.60 Å². The summed E-state index contributed by atoms with van der Waals surface area (Å²) in [6.07, 6.45) is 3.56. The molecule has 0 bridgehead atoms. The molecule has 0 fully saturated rings. The maximum absolute atomic E-state index is 9.55. The van der Waals surface area contributed by atoms with Gasteiger partial charge in [-0.25, -0.2) is 0 Å². The number of rotatable bonds is 8. The normalized spacial score (nSPS) is 11.8. The van der Waals surface area contributed by atoms with Gasteiger partial charge < -0.3 is 20.3 Å². The van der Waals surface area contributed by atoms with Crippen molar-refractivity contribution in [2.24, 2.45) is 0 Å². The highest BCUT2D eigenvalue weighted by molar-refractivity contribution is 5.38. The van der Waals surface area contributed by atoms with Crippen molar-refractivity contribution in [2.45, 2.75) is 26.0 Å². The second kappa shape index (κ2) is 6.58. The van der Waals surface area contributed by atoms with E-state index in [9.17, 15) is 5.11 Å². The minimum atomic E-state index is -0.744. The Labute approximate surface area is 101 Å². The molecule has 0 aromatic carbocycles. The molecule has 0 saturated heterocycles. The molecule has 1 rings (SSSR count). The smallest absolute Gasteiger partial charge is 0.0763 e. The zero-order valence-corrected chi connectivity index (χ0v) is 10.4. The first kappa shape index (κ1) is 14.0. The maximum Gasteiger partial charge on any atom is 0.0763 e. The number of hydrogen-bond donors (Lipinski definition) is 3. The van der Waals surface area contributed by atoms with Gasteiger partial charge in [0.2, 0.25) is 0 Å². The molecule has 0 aliphatic carbocycles. The van der Waals surface area contributed by atoms with Gasteiger partial charge in [-0.05, 0) is 13.8 Å². The molecule has 1 aromatic rings. The van der Waals surface area contributed by atoms with Gasteiger partial charge in [0.05, 0.1) is 43.9 Å². The lowest BCUT2D eigenvalue weighted by molar-refractivity contribution is 0.0854. The van der Waals surface area contributed by atoms with Crippen LogP contribution in [0.5, 0.6) is 0 Å². The quantitative estimate of drug-likeness (QED) is 0.563. The Hall–Kier alpha value is -1.11. The molecule has 17 heavy (non-hydrogen) atoms. The molecule has 1 aromatic heterocycles. The van der Waals surface area contributed by atoms with Crippen LogP contribution in [0, 0.1) is 0 Å². The molecule has 0 spiro atoms. The van der Waals surface area contributed by atoms with E-state index in [0.29, 0.717) is 26.3 Å². The van der Waals surface area contributed by atoms with Crippen molar-refractivity contribution in [3.8, 4) is 0 Å². The fraction of sp³-hybridized carbons (Fsp3) is 0.727. The second-order valence-electron chi connectivity index (χ2n) is 4.49. The van der Waals surface area contributed by atoms with E-state index in [0.717, 1.165) is 5.69 Å². The minimum absolute atomic E-state index is 0.0392. The first-order valence-electron chi connectivity index (χ1n) is 5.68. The third kappa shape index (κ3) is 6.25. The summed E-state index contributed by atoms with van der Waals surface area (Å²) in [5.74, 6) is 0. The standard InChI is InChI=1S/C11H21N3O3/c1-11(2,16)9-12-10-7-13-14(8-10)3-5-17-6-4-15/h7-8,12,15-16H,3-6,9H2,1-2H3. The van der Waals surface area contributed by atoms with E-state index in [4.69, 9.17) is 9.84 Å². The average Bonchev–Trinajstić information content (AvgIpc) is 2.69. The van der Waals surface area contributed by atoms with Gasteiger partial charge >= 0.3 is 0 Å². The van der Waals surface area contributed by atoms with Crippen LogP contribution >= 0.6 is 0 Å². The van der Waals surface area contributed by atoms with Gasteiger partial charge in [0.25, 0.3) is 0 Å². The fourth-order valence-corrected chi connectivity index (χ4v) is 1.22. The van der Waals surface area contributed by atoms with Crippen LogP contribution in [0.25, 0.3) is 0 Å². The van der Waals surface area contributed by atoms with Crippen molar-refractivity contribution in [3.63, 3.8) is 0 Å². The van der Waals surface area contributed by atoms with E-state index in [1.165, 1.54) is 0 Å². The van der Waals surface area contributed by atoms with Crippen molar-refractivity contribution >= 4 is 5.69 Å². The summed E-state index contributed by atoms with van der Waals surface area (Å²) in [6.45, 7) is 5.51. The number of aromatic nitrogens is 2. The number of aliphatic hydroxyl groups is 2. The lowest BCUT2D eigenvalue weighted by Gasteiger charge is -2.17. The van der Waals surface area contributed by atoms with E-state index in [-0.39, 0.29) is 6.61 Å². The van der Waals surface area contributed by atoms with Gasteiger partial charge in [-0.15, -0.1) is 0 Å². The molecule has 0 saturated carbocycles. The summed E-state index contributed by atoms with van der Waals surface area (Å²) in [5.41, 5.74) is 0.126. The monoisotopic (exact) mass is 243 g/mol. The third-order valence-corrected chi connectivity index (χ3v) is 2.06. The van der Waals surface area contributed by atoms with Crippen molar-refractivity contribution in [1.29, 1.82) is 0 Å². The summed E-state index contributed by atoms with van der Waals surface area (Å²) in [6, 6.07) is 0. The Kier molecular flexibility index (Phi) is 5.40. The summed E-state index contributed by atoms with van der Waals surface area (Å²) in [4.78, 5) is 0. The zero-order valence-electron chi connectivity index (χ0n) is 10.4. The lowest BCUT2D eigenvalue weighted by atomic mass is 10.1. The number of nitrogens with zero attached hydrogens (tertiary/aromatic N) is 2. The van der Waals surface area contributed by atoms with Crippen LogP contribution in [0.15, 0.2) is 12.4 Å². The molecule has 6 nitrogen and oxygen atoms in total. The number of nitrogens with one attached hydrogen (secondary N) is 1. The van der Waals surface area contributed by atoms with E-state index in [1.54, 1.807) is 24.7 Å². The molecule has 0 aliphatic rings. The van der Waals surface area contributed by atoms with Crippen molar-refractivity contribution in [3.05, 3.63) is 12.4 Å². The number of ether oxygens (including phenoxy) is 1. The highest BCUT2D eigenvalue weighted by atomic mass is 16.5. The van der Waals surface area contributed by atoms with Crippen LogP contribution in [0.4, 0.5) is 5.69 Å². The van der Waals surface area contributed by atoms with Gasteiger partial charge in [-0.2, -0.15) is 5.10 Å². The second-order valence-corrected chi connectivity index (χ2v) is 4.49. The minimum Gasteiger partial charge on any atom is -0.394 e. The Morgan fingerprint density at radius 3 is 2.88 bits per heavy atom. The van der Waals surface area contributed by atoms with Gasteiger partial charge in [-0.1, -0.05) is 0 Å². The summed E-state index contributed by atoms with van der Waals surface area (Å²) < 4.78 is 6.89. The Balaban J connectivity index is 2.28. The zero-order chi connectivity index (χ0) is 12.7. The van der Waals surface area contributed by atoms with Crippen molar-refractivity contribution in [2.75, 3.05) is 31.7 Å². The molecular weight excluding hydrogens is 222 g/mol.